The van der Waals surface area contributed by atoms with Gasteiger partial charge in [0.05, 0.1) is 25.4 Å². The van der Waals surface area contributed by atoms with Crippen LogP contribution in [0.3, 0.4) is 0 Å². The number of nitrogens with one attached hydrogen (secondary N) is 1. The summed E-state index contributed by atoms with van der Waals surface area (Å²) in [4.78, 5) is 17.3. The topological polar surface area (TPSA) is 65.6 Å². The number of carbonyl (C=O) groups is 1. The molecule has 2 N–H and O–H groups in total. The van der Waals surface area contributed by atoms with Gasteiger partial charge in [-0.1, -0.05) is 0 Å². The van der Waals surface area contributed by atoms with Gasteiger partial charge in [0.2, 0.25) is 0 Å². The van der Waals surface area contributed by atoms with Crippen LogP contribution in [-0.4, -0.2) is 52.8 Å². The summed E-state index contributed by atoms with van der Waals surface area (Å²) in [6.45, 7) is 6.66. The van der Waals surface area contributed by atoms with Crippen molar-refractivity contribution in [1.82, 2.24) is 9.88 Å². The van der Waals surface area contributed by atoms with Gasteiger partial charge < -0.3 is 19.7 Å². The molecule has 0 aliphatic carbocycles. The number of aliphatic hydroxyl groups excluding tert-OH is 1. The van der Waals surface area contributed by atoms with E-state index in [9.17, 15) is 4.79 Å². The first-order valence-corrected chi connectivity index (χ1v) is 6.22. The van der Waals surface area contributed by atoms with Crippen LogP contribution in [0.1, 0.15) is 28.7 Å². The Kier molecular flexibility index (Phi) is 3.73. The van der Waals surface area contributed by atoms with Crippen molar-refractivity contribution in [2.24, 2.45) is 0 Å². The zero-order chi connectivity index (χ0) is 13.3. The van der Waals surface area contributed by atoms with E-state index < -0.39 is 0 Å². The Bertz CT molecular complexity index is 441. The van der Waals surface area contributed by atoms with Crippen molar-refractivity contribution in [3.8, 4) is 0 Å². The standard InChI is InChI=1S/C13H20N2O3/c1-8-4-9(2)14-12(8)13(17)15-5-11(6-16)18-7-10(15)3/h4,10-11,14,16H,5-7H2,1-3H3/t10-,11-/m1/s1. The van der Waals surface area contributed by atoms with E-state index in [0.29, 0.717) is 18.8 Å². The Hall–Kier alpha value is -1.33. The Morgan fingerprint density at radius 2 is 2.33 bits per heavy atom. The third-order valence-corrected chi connectivity index (χ3v) is 3.33. The lowest BCUT2D eigenvalue weighted by Gasteiger charge is -2.37. The summed E-state index contributed by atoms with van der Waals surface area (Å²) in [7, 11) is 0. The average Bonchev–Trinajstić information content (AvgIpc) is 2.68. The summed E-state index contributed by atoms with van der Waals surface area (Å²) < 4.78 is 5.44. The number of ether oxygens (including phenoxy) is 1. The minimum atomic E-state index is -0.276. The molecule has 5 nitrogen and oxygen atoms in total. The molecule has 0 bridgehead atoms. The fourth-order valence-electron chi connectivity index (χ4n) is 2.31. The SMILES string of the molecule is Cc1cc(C)c(C(=O)N2C[C@H](CO)OC[C@H]2C)[nH]1. The summed E-state index contributed by atoms with van der Waals surface area (Å²) in [5, 5.41) is 9.14. The van der Waals surface area contributed by atoms with Gasteiger partial charge in [0.25, 0.3) is 5.91 Å². The third-order valence-electron chi connectivity index (χ3n) is 3.33. The predicted molar refractivity (Wildman–Crippen MR) is 67.6 cm³/mol. The van der Waals surface area contributed by atoms with E-state index in [0.717, 1.165) is 11.3 Å². The molecule has 1 aliphatic rings. The molecule has 0 unspecified atom stereocenters. The van der Waals surface area contributed by atoms with Gasteiger partial charge >= 0.3 is 0 Å². The Morgan fingerprint density at radius 3 is 2.89 bits per heavy atom. The maximum absolute atomic E-state index is 12.5. The fourth-order valence-corrected chi connectivity index (χ4v) is 2.31. The van der Waals surface area contributed by atoms with Gasteiger partial charge in [-0.05, 0) is 32.4 Å². The van der Waals surface area contributed by atoms with Gasteiger partial charge in [0.15, 0.2) is 0 Å². The molecule has 0 spiro atoms. The zero-order valence-electron chi connectivity index (χ0n) is 11.1. The van der Waals surface area contributed by atoms with Crippen molar-refractivity contribution in [2.45, 2.75) is 32.9 Å². The molecule has 0 radical (unpaired) electrons. The largest absolute Gasteiger partial charge is 0.394 e. The van der Waals surface area contributed by atoms with E-state index in [4.69, 9.17) is 9.84 Å². The first-order valence-electron chi connectivity index (χ1n) is 6.22. The summed E-state index contributed by atoms with van der Waals surface area (Å²) >= 11 is 0. The number of hydrogen-bond acceptors (Lipinski definition) is 3. The molecule has 2 rings (SSSR count). The van der Waals surface area contributed by atoms with Crippen molar-refractivity contribution in [3.63, 3.8) is 0 Å². The zero-order valence-corrected chi connectivity index (χ0v) is 11.1. The average molecular weight is 252 g/mol. The third kappa shape index (κ3) is 2.42. The summed E-state index contributed by atoms with van der Waals surface area (Å²) in [5.74, 6) is -0.0187. The van der Waals surface area contributed by atoms with Crippen LogP contribution in [-0.2, 0) is 4.74 Å². The van der Waals surface area contributed by atoms with E-state index in [1.54, 1.807) is 4.90 Å². The fraction of sp³-hybridized carbons (Fsp3) is 0.615. The van der Waals surface area contributed by atoms with E-state index >= 15 is 0 Å². The molecule has 18 heavy (non-hydrogen) atoms. The number of aryl methyl sites for hydroxylation is 2. The lowest BCUT2D eigenvalue weighted by atomic mass is 10.1. The van der Waals surface area contributed by atoms with Crippen molar-refractivity contribution in [1.29, 1.82) is 0 Å². The van der Waals surface area contributed by atoms with Crippen LogP contribution in [0.2, 0.25) is 0 Å². The van der Waals surface area contributed by atoms with Crippen molar-refractivity contribution >= 4 is 5.91 Å². The van der Waals surface area contributed by atoms with E-state index in [1.807, 2.05) is 26.8 Å². The number of morpholine rings is 1. The maximum Gasteiger partial charge on any atom is 0.270 e. The molecule has 1 fully saturated rings. The second-order valence-electron chi connectivity index (χ2n) is 4.95. The first kappa shape index (κ1) is 13.1. The van der Waals surface area contributed by atoms with E-state index in [1.165, 1.54) is 0 Å². The highest BCUT2D eigenvalue weighted by Gasteiger charge is 2.31. The van der Waals surface area contributed by atoms with Gasteiger partial charge in [-0.25, -0.2) is 0 Å². The van der Waals surface area contributed by atoms with Gasteiger partial charge in [0, 0.05) is 12.2 Å². The minimum Gasteiger partial charge on any atom is -0.394 e. The molecular weight excluding hydrogens is 232 g/mol. The Labute approximate surface area is 107 Å². The number of amides is 1. The highest BCUT2D eigenvalue weighted by atomic mass is 16.5. The van der Waals surface area contributed by atoms with Crippen LogP contribution in [0.5, 0.6) is 0 Å². The van der Waals surface area contributed by atoms with Crippen LogP contribution in [0.25, 0.3) is 0 Å². The van der Waals surface area contributed by atoms with Crippen LogP contribution >= 0.6 is 0 Å². The second-order valence-corrected chi connectivity index (χ2v) is 4.95. The number of carbonyl (C=O) groups excluding carboxylic acids is 1. The number of rotatable bonds is 2. The molecular formula is C13H20N2O3. The van der Waals surface area contributed by atoms with E-state index in [2.05, 4.69) is 4.98 Å². The summed E-state index contributed by atoms with van der Waals surface area (Å²) in [6, 6.07) is 1.99. The summed E-state index contributed by atoms with van der Waals surface area (Å²) in [5.41, 5.74) is 2.57. The lowest BCUT2D eigenvalue weighted by Crippen LogP contribution is -2.52. The second kappa shape index (κ2) is 5.12. The lowest BCUT2D eigenvalue weighted by molar-refractivity contribution is -0.0668. The molecule has 1 aliphatic heterocycles. The molecule has 1 amide bonds. The molecule has 2 atom stereocenters. The number of hydrogen-bond donors (Lipinski definition) is 2. The van der Waals surface area contributed by atoms with Crippen LogP contribution in [0, 0.1) is 13.8 Å². The monoisotopic (exact) mass is 252 g/mol. The predicted octanol–water partition coefficient (Wildman–Crippen LogP) is 0.853. The molecule has 0 aromatic carbocycles. The van der Waals surface area contributed by atoms with Gasteiger partial charge in [0.1, 0.15) is 5.69 Å². The van der Waals surface area contributed by atoms with Crippen LogP contribution < -0.4 is 0 Å². The molecule has 1 aromatic rings. The Morgan fingerprint density at radius 1 is 1.61 bits per heavy atom. The molecule has 5 heteroatoms. The highest BCUT2D eigenvalue weighted by molar-refractivity contribution is 5.94. The van der Waals surface area contributed by atoms with Gasteiger partial charge in [-0.15, -0.1) is 0 Å². The Balaban J connectivity index is 2.19. The first-order chi connectivity index (χ1) is 8.52. The summed E-state index contributed by atoms with van der Waals surface area (Å²) in [6.07, 6.45) is -0.276. The molecule has 1 aromatic heterocycles. The van der Waals surface area contributed by atoms with Crippen molar-refractivity contribution in [3.05, 3.63) is 23.0 Å². The maximum atomic E-state index is 12.5. The number of H-pyrrole nitrogens is 1. The van der Waals surface area contributed by atoms with Crippen molar-refractivity contribution in [2.75, 3.05) is 19.8 Å². The highest BCUT2D eigenvalue weighted by Crippen LogP contribution is 2.17. The van der Waals surface area contributed by atoms with Gasteiger partial charge in [-0.2, -0.15) is 0 Å². The van der Waals surface area contributed by atoms with Gasteiger partial charge in [-0.3, -0.25) is 4.79 Å². The molecule has 0 saturated carbocycles. The quantitative estimate of drug-likeness (QED) is 0.820. The molecule has 2 heterocycles. The normalized spacial score (nSPS) is 24.3. The molecule has 100 valence electrons. The number of aromatic nitrogens is 1. The van der Waals surface area contributed by atoms with E-state index in [-0.39, 0.29) is 24.7 Å². The number of aliphatic hydroxyl groups is 1. The number of aromatic amines is 1. The minimum absolute atomic E-state index is 0.0187. The smallest absolute Gasteiger partial charge is 0.270 e. The van der Waals surface area contributed by atoms with Crippen molar-refractivity contribution < 1.29 is 14.6 Å². The van der Waals surface area contributed by atoms with Crippen LogP contribution in [0.4, 0.5) is 0 Å². The van der Waals surface area contributed by atoms with Crippen LogP contribution in [0.15, 0.2) is 6.07 Å². The molecule has 1 saturated heterocycles. The number of nitrogens with zero attached hydrogens (tertiary/aromatic N) is 1.